The largest absolute Gasteiger partial charge is 0.332 e. The molecule has 0 spiro atoms. The predicted molar refractivity (Wildman–Crippen MR) is 72.3 cm³/mol. The first-order chi connectivity index (χ1) is 8.40. The summed E-state index contributed by atoms with van der Waals surface area (Å²) in [6, 6.07) is 5.75. The fourth-order valence-corrected chi connectivity index (χ4v) is 1.30. The average molecular weight is 267 g/mol. The Kier molecular flexibility index (Phi) is 4.73. The van der Waals surface area contributed by atoms with Crippen molar-refractivity contribution in [2.45, 2.75) is 13.8 Å². The monoisotopic (exact) mass is 267 g/mol. The number of carbonyl (C=O) groups excluding carboxylic acids is 1. The fourth-order valence-electron chi connectivity index (χ4n) is 1.09. The van der Waals surface area contributed by atoms with Crippen LogP contribution in [0.15, 0.2) is 24.3 Å². The van der Waals surface area contributed by atoms with Crippen LogP contribution in [0.5, 0.6) is 0 Å². The van der Waals surface area contributed by atoms with E-state index in [1.165, 1.54) is 24.3 Å². The van der Waals surface area contributed by atoms with Crippen molar-refractivity contribution in [1.29, 1.82) is 0 Å². The van der Waals surface area contributed by atoms with E-state index < -0.39 is 4.92 Å². The zero-order valence-corrected chi connectivity index (χ0v) is 10.8. The first-order valence-electron chi connectivity index (χ1n) is 5.26. The number of anilines is 1. The van der Waals surface area contributed by atoms with Crippen molar-refractivity contribution in [3.8, 4) is 0 Å². The van der Waals surface area contributed by atoms with Crippen molar-refractivity contribution in [3.05, 3.63) is 34.4 Å². The molecule has 0 heterocycles. The van der Waals surface area contributed by atoms with Gasteiger partial charge in [0.2, 0.25) is 5.91 Å². The smallest absolute Gasteiger partial charge is 0.269 e. The maximum atomic E-state index is 11.4. The van der Waals surface area contributed by atoms with Crippen LogP contribution >= 0.6 is 12.2 Å². The summed E-state index contributed by atoms with van der Waals surface area (Å²) in [4.78, 5) is 21.3. The molecular formula is C11H13N3O3S. The third-order valence-corrected chi connectivity index (χ3v) is 2.30. The lowest BCUT2D eigenvalue weighted by Crippen LogP contribution is -2.36. The molecule has 1 rings (SSSR count). The molecule has 0 aliphatic heterocycles. The van der Waals surface area contributed by atoms with E-state index in [2.05, 4.69) is 10.6 Å². The van der Waals surface area contributed by atoms with Gasteiger partial charge < -0.3 is 10.6 Å². The number of rotatable bonds is 3. The number of nitrogens with zero attached hydrogens (tertiary/aromatic N) is 1. The normalized spacial score (nSPS) is 9.94. The lowest BCUT2D eigenvalue weighted by Gasteiger charge is -2.10. The Balaban J connectivity index is 2.60. The lowest BCUT2D eigenvalue weighted by molar-refractivity contribution is -0.384. The van der Waals surface area contributed by atoms with E-state index >= 15 is 0 Å². The molecule has 0 bridgehead atoms. The van der Waals surface area contributed by atoms with Gasteiger partial charge in [0.05, 0.1) is 4.92 Å². The van der Waals surface area contributed by atoms with Crippen molar-refractivity contribution in [1.82, 2.24) is 5.32 Å². The molecule has 0 aromatic heterocycles. The first-order valence-corrected chi connectivity index (χ1v) is 5.67. The minimum absolute atomic E-state index is 0.00214. The van der Waals surface area contributed by atoms with Crippen LogP contribution in [0.4, 0.5) is 11.4 Å². The van der Waals surface area contributed by atoms with Gasteiger partial charge in [-0.25, -0.2) is 0 Å². The van der Waals surface area contributed by atoms with E-state index in [-0.39, 0.29) is 22.6 Å². The highest BCUT2D eigenvalue weighted by Crippen LogP contribution is 2.15. The molecule has 1 amide bonds. The number of amides is 1. The van der Waals surface area contributed by atoms with Crippen molar-refractivity contribution in [2.24, 2.45) is 5.92 Å². The Morgan fingerprint density at radius 1 is 1.33 bits per heavy atom. The highest BCUT2D eigenvalue weighted by Gasteiger charge is 2.09. The van der Waals surface area contributed by atoms with Gasteiger partial charge in [0.1, 0.15) is 0 Å². The topological polar surface area (TPSA) is 84.3 Å². The summed E-state index contributed by atoms with van der Waals surface area (Å²) in [6.07, 6.45) is 0. The van der Waals surface area contributed by atoms with Crippen LogP contribution in [-0.4, -0.2) is 15.9 Å². The van der Waals surface area contributed by atoms with Crippen molar-refractivity contribution >= 4 is 34.6 Å². The van der Waals surface area contributed by atoms with Crippen LogP contribution in [0.25, 0.3) is 0 Å². The molecule has 0 fully saturated rings. The molecule has 0 radical (unpaired) electrons. The number of nitro benzene ring substituents is 1. The molecule has 0 saturated carbocycles. The van der Waals surface area contributed by atoms with Gasteiger partial charge in [-0.1, -0.05) is 13.8 Å². The Morgan fingerprint density at radius 2 is 1.89 bits per heavy atom. The Bertz CT molecular complexity index is 471. The number of nitro groups is 1. The Hall–Kier alpha value is -2.02. The van der Waals surface area contributed by atoms with Gasteiger partial charge >= 0.3 is 0 Å². The maximum absolute atomic E-state index is 11.4. The average Bonchev–Trinajstić information content (AvgIpc) is 2.29. The molecule has 0 aliphatic carbocycles. The third kappa shape index (κ3) is 4.10. The highest BCUT2D eigenvalue weighted by molar-refractivity contribution is 7.80. The van der Waals surface area contributed by atoms with Crippen LogP contribution < -0.4 is 10.6 Å². The van der Waals surface area contributed by atoms with Crippen LogP contribution in [0.3, 0.4) is 0 Å². The van der Waals surface area contributed by atoms with E-state index in [1.54, 1.807) is 13.8 Å². The summed E-state index contributed by atoms with van der Waals surface area (Å²) in [5.41, 5.74) is 0.576. The van der Waals surface area contributed by atoms with E-state index in [4.69, 9.17) is 12.2 Å². The second kappa shape index (κ2) is 6.06. The molecule has 7 heteroatoms. The molecule has 0 unspecified atom stereocenters. The number of hydrogen-bond donors (Lipinski definition) is 2. The molecule has 0 saturated heterocycles. The van der Waals surface area contributed by atoms with Crippen molar-refractivity contribution in [3.63, 3.8) is 0 Å². The third-order valence-electron chi connectivity index (χ3n) is 2.10. The minimum Gasteiger partial charge on any atom is -0.332 e. The number of hydrogen-bond acceptors (Lipinski definition) is 4. The summed E-state index contributed by atoms with van der Waals surface area (Å²) >= 11 is 4.94. The quantitative estimate of drug-likeness (QED) is 0.497. The van der Waals surface area contributed by atoms with Gasteiger partial charge in [-0.2, -0.15) is 0 Å². The second-order valence-electron chi connectivity index (χ2n) is 3.90. The number of benzene rings is 1. The molecule has 2 N–H and O–H groups in total. The molecule has 0 atom stereocenters. The standard InChI is InChI=1S/C11H13N3O3S/c1-7(2)10(15)13-11(18)12-8-3-5-9(6-4-8)14(16)17/h3-7H,1-2H3,(H2,12,13,15,18). The molecular weight excluding hydrogens is 254 g/mol. The van der Waals surface area contributed by atoms with Gasteiger partial charge in [0, 0.05) is 23.7 Å². The molecule has 18 heavy (non-hydrogen) atoms. The van der Waals surface area contributed by atoms with Gasteiger partial charge in [-0.3, -0.25) is 14.9 Å². The van der Waals surface area contributed by atoms with Crippen molar-refractivity contribution < 1.29 is 9.72 Å². The summed E-state index contributed by atoms with van der Waals surface area (Å²) < 4.78 is 0. The first kappa shape index (κ1) is 14.0. The van der Waals surface area contributed by atoms with E-state index in [9.17, 15) is 14.9 Å². The lowest BCUT2D eigenvalue weighted by atomic mass is 10.2. The molecule has 1 aromatic rings. The van der Waals surface area contributed by atoms with Crippen LogP contribution in [-0.2, 0) is 4.79 Å². The van der Waals surface area contributed by atoms with Crippen LogP contribution in [0.1, 0.15) is 13.8 Å². The van der Waals surface area contributed by atoms with Gasteiger partial charge in [0.25, 0.3) is 5.69 Å². The molecule has 96 valence electrons. The second-order valence-corrected chi connectivity index (χ2v) is 4.31. The maximum Gasteiger partial charge on any atom is 0.269 e. The van der Waals surface area contributed by atoms with E-state index in [1.807, 2.05) is 0 Å². The van der Waals surface area contributed by atoms with Gasteiger partial charge in [0.15, 0.2) is 5.11 Å². The van der Waals surface area contributed by atoms with E-state index in [0.717, 1.165) is 0 Å². The Labute approximate surface area is 110 Å². The summed E-state index contributed by atoms with van der Waals surface area (Å²) in [5, 5.41) is 15.9. The number of nitrogens with one attached hydrogen (secondary N) is 2. The summed E-state index contributed by atoms with van der Waals surface area (Å²) in [5.74, 6) is -0.351. The SMILES string of the molecule is CC(C)C(=O)NC(=S)Nc1ccc([N+](=O)[O-])cc1. The van der Waals surface area contributed by atoms with E-state index in [0.29, 0.717) is 5.69 Å². The summed E-state index contributed by atoms with van der Waals surface area (Å²) in [7, 11) is 0. The minimum atomic E-state index is -0.483. The van der Waals surface area contributed by atoms with Crippen molar-refractivity contribution in [2.75, 3.05) is 5.32 Å². The zero-order chi connectivity index (χ0) is 13.7. The zero-order valence-electron chi connectivity index (χ0n) is 9.97. The predicted octanol–water partition coefficient (Wildman–Crippen LogP) is 2.06. The van der Waals surface area contributed by atoms with Gasteiger partial charge in [-0.05, 0) is 24.4 Å². The number of carbonyl (C=O) groups is 1. The highest BCUT2D eigenvalue weighted by atomic mass is 32.1. The molecule has 6 nitrogen and oxygen atoms in total. The fraction of sp³-hybridized carbons (Fsp3) is 0.273. The van der Waals surface area contributed by atoms with Crippen LogP contribution in [0.2, 0.25) is 0 Å². The van der Waals surface area contributed by atoms with Gasteiger partial charge in [-0.15, -0.1) is 0 Å². The number of non-ortho nitro benzene ring substituents is 1. The Morgan fingerprint density at radius 3 is 2.33 bits per heavy atom. The molecule has 1 aromatic carbocycles. The number of thiocarbonyl (C=S) groups is 1. The molecule has 0 aliphatic rings. The van der Waals surface area contributed by atoms with Crippen LogP contribution in [0, 0.1) is 16.0 Å². The summed E-state index contributed by atoms with van der Waals surface area (Å²) in [6.45, 7) is 3.51.